The summed E-state index contributed by atoms with van der Waals surface area (Å²) in [4.78, 5) is 17.3. The SMILES string of the molecule is CC(C)N(CC(=O)O)Cc1ccc(Br)c2cccnc12. The number of carboxylic acids is 1. The van der Waals surface area contributed by atoms with Crippen molar-refractivity contribution in [1.82, 2.24) is 9.88 Å². The molecule has 2 rings (SSSR count). The summed E-state index contributed by atoms with van der Waals surface area (Å²) in [6, 6.07) is 8.05. The molecular formula is C15H17BrN2O2. The quantitative estimate of drug-likeness (QED) is 0.910. The van der Waals surface area contributed by atoms with Crippen molar-refractivity contribution in [3.8, 4) is 0 Å². The highest BCUT2D eigenvalue weighted by molar-refractivity contribution is 9.10. The number of pyridine rings is 1. The van der Waals surface area contributed by atoms with Gasteiger partial charge in [-0.15, -0.1) is 0 Å². The van der Waals surface area contributed by atoms with E-state index in [0.29, 0.717) is 6.54 Å². The van der Waals surface area contributed by atoms with Gasteiger partial charge in [0.2, 0.25) is 0 Å². The highest BCUT2D eigenvalue weighted by atomic mass is 79.9. The largest absolute Gasteiger partial charge is 0.480 e. The minimum Gasteiger partial charge on any atom is -0.480 e. The predicted molar refractivity (Wildman–Crippen MR) is 82.6 cm³/mol. The summed E-state index contributed by atoms with van der Waals surface area (Å²) in [5, 5.41) is 10.0. The van der Waals surface area contributed by atoms with E-state index in [1.165, 1.54) is 0 Å². The number of hydrogen-bond donors (Lipinski definition) is 1. The summed E-state index contributed by atoms with van der Waals surface area (Å²) < 4.78 is 0.999. The first kappa shape index (κ1) is 14.9. The Morgan fingerprint density at radius 1 is 1.40 bits per heavy atom. The van der Waals surface area contributed by atoms with Gasteiger partial charge in [0.25, 0.3) is 0 Å². The Kier molecular flexibility index (Phi) is 4.73. The van der Waals surface area contributed by atoms with Crippen molar-refractivity contribution < 1.29 is 9.90 Å². The second-order valence-corrected chi connectivity index (χ2v) is 5.85. The third-order valence-electron chi connectivity index (χ3n) is 3.24. The van der Waals surface area contributed by atoms with Gasteiger partial charge >= 0.3 is 5.97 Å². The number of aromatic nitrogens is 1. The number of halogens is 1. The highest BCUT2D eigenvalue weighted by Crippen LogP contribution is 2.26. The van der Waals surface area contributed by atoms with Crippen molar-refractivity contribution in [3.63, 3.8) is 0 Å². The Morgan fingerprint density at radius 3 is 2.80 bits per heavy atom. The first-order valence-electron chi connectivity index (χ1n) is 6.47. The maximum absolute atomic E-state index is 11.0. The van der Waals surface area contributed by atoms with Gasteiger partial charge in [0.05, 0.1) is 12.1 Å². The van der Waals surface area contributed by atoms with E-state index in [2.05, 4.69) is 20.9 Å². The highest BCUT2D eigenvalue weighted by Gasteiger charge is 2.16. The first-order chi connectivity index (χ1) is 9.49. The van der Waals surface area contributed by atoms with E-state index in [9.17, 15) is 4.79 Å². The lowest BCUT2D eigenvalue weighted by Gasteiger charge is -2.25. The molecule has 0 saturated carbocycles. The number of rotatable bonds is 5. The summed E-state index contributed by atoms with van der Waals surface area (Å²) in [6.45, 7) is 4.60. The fraction of sp³-hybridized carbons (Fsp3) is 0.333. The first-order valence-corrected chi connectivity index (χ1v) is 7.26. The van der Waals surface area contributed by atoms with Gasteiger partial charge in [0.15, 0.2) is 0 Å². The number of benzene rings is 1. The van der Waals surface area contributed by atoms with Crippen LogP contribution in [0.25, 0.3) is 10.9 Å². The fourth-order valence-electron chi connectivity index (χ4n) is 2.14. The molecular weight excluding hydrogens is 320 g/mol. The summed E-state index contributed by atoms with van der Waals surface area (Å²) in [7, 11) is 0. The normalized spacial score (nSPS) is 11.4. The van der Waals surface area contributed by atoms with Gasteiger partial charge in [-0.1, -0.05) is 28.1 Å². The second kappa shape index (κ2) is 6.33. The van der Waals surface area contributed by atoms with Crippen LogP contribution in [0, 0.1) is 0 Å². The lowest BCUT2D eigenvalue weighted by molar-refractivity contribution is -0.138. The topological polar surface area (TPSA) is 53.4 Å². The van der Waals surface area contributed by atoms with Gasteiger partial charge < -0.3 is 5.11 Å². The standard InChI is InChI=1S/C15H17BrN2O2/c1-10(2)18(9-14(19)20)8-11-5-6-13(16)12-4-3-7-17-15(11)12/h3-7,10H,8-9H2,1-2H3,(H,19,20). The van der Waals surface area contributed by atoms with Gasteiger partial charge in [-0.3, -0.25) is 14.7 Å². The molecule has 0 saturated heterocycles. The van der Waals surface area contributed by atoms with Crippen LogP contribution < -0.4 is 0 Å². The van der Waals surface area contributed by atoms with Crippen molar-refractivity contribution in [3.05, 3.63) is 40.5 Å². The molecule has 106 valence electrons. The maximum Gasteiger partial charge on any atom is 0.317 e. The number of carbonyl (C=O) groups is 1. The zero-order chi connectivity index (χ0) is 14.7. The molecule has 0 atom stereocenters. The molecule has 0 unspecified atom stereocenters. The van der Waals surface area contributed by atoms with Gasteiger partial charge in [-0.05, 0) is 31.5 Å². The number of nitrogens with zero attached hydrogens (tertiary/aromatic N) is 2. The zero-order valence-electron chi connectivity index (χ0n) is 11.5. The molecule has 0 aliphatic carbocycles. The van der Waals surface area contributed by atoms with Crippen molar-refractivity contribution in [2.24, 2.45) is 0 Å². The monoisotopic (exact) mass is 336 g/mol. The maximum atomic E-state index is 11.0. The van der Waals surface area contributed by atoms with Gasteiger partial charge in [-0.25, -0.2) is 0 Å². The molecule has 20 heavy (non-hydrogen) atoms. The van der Waals surface area contributed by atoms with E-state index < -0.39 is 5.97 Å². The number of aliphatic carboxylic acids is 1. The Balaban J connectivity index is 2.37. The number of hydrogen-bond acceptors (Lipinski definition) is 3. The summed E-state index contributed by atoms with van der Waals surface area (Å²) in [5.74, 6) is -0.812. The van der Waals surface area contributed by atoms with Crippen LogP contribution in [0.5, 0.6) is 0 Å². The Hall–Kier alpha value is -1.46. The molecule has 0 spiro atoms. The molecule has 0 bridgehead atoms. The van der Waals surface area contributed by atoms with Crippen LogP contribution >= 0.6 is 15.9 Å². The third-order valence-corrected chi connectivity index (χ3v) is 3.93. The van der Waals surface area contributed by atoms with Crippen LogP contribution in [0.4, 0.5) is 0 Å². The molecule has 1 heterocycles. The van der Waals surface area contributed by atoms with Crippen molar-refractivity contribution >= 4 is 32.8 Å². The lowest BCUT2D eigenvalue weighted by Crippen LogP contribution is -2.35. The Bertz CT molecular complexity index is 628. The minimum absolute atomic E-state index is 0.0298. The summed E-state index contributed by atoms with van der Waals surface area (Å²) in [5.41, 5.74) is 1.96. The fourth-order valence-corrected chi connectivity index (χ4v) is 2.59. The molecule has 1 N–H and O–H groups in total. The van der Waals surface area contributed by atoms with E-state index in [1.54, 1.807) is 6.20 Å². The molecule has 2 aromatic rings. The number of fused-ring (bicyclic) bond motifs is 1. The average Bonchev–Trinajstić information content (AvgIpc) is 2.40. The second-order valence-electron chi connectivity index (χ2n) is 5.00. The summed E-state index contributed by atoms with van der Waals surface area (Å²) >= 11 is 3.52. The van der Waals surface area contributed by atoms with E-state index >= 15 is 0 Å². The van der Waals surface area contributed by atoms with E-state index in [1.807, 2.05) is 43.0 Å². The average molecular weight is 337 g/mol. The van der Waals surface area contributed by atoms with E-state index in [0.717, 1.165) is 20.9 Å². The van der Waals surface area contributed by atoms with E-state index in [4.69, 9.17) is 5.11 Å². The predicted octanol–water partition coefficient (Wildman–Crippen LogP) is 3.29. The van der Waals surface area contributed by atoms with Gasteiger partial charge in [0.1, 0.15) is 0 Å². The zero-order valence-corrected chi connectivity index (χ0v) is 13.1. The van der Waals surface area contributed by atoms with Crippen LogP contribution in [-0.4, -0.2) is 33.5 Å². The smallest absolute Gasteiger partial charge is 0.317 e. The molecule has 0 radical (unpaired) electrons. The number of carboxylic acid groups (broad SMARTS) is 1. The molecule has 0 fully saturated rings. The van der Waals surface area contributed by atoms with Gasteiger partial charge in [-0.2, -0.15) is 0 Å². The lowest BCUT2D eigenvalue weighted by atomic mass is 10.1. The van der Waals surface area contributed by atoms with Crippen LogP contribution in [0.2, 0.25) is 0 Å². The van der Waals surface area contributed by atoms with Crippen LogP contribution in [-0.2, 0) is 11.3 Å². The molecule has 0 aliphatic heterocycles. The van der Waals surface area contributed by atoms with Gasteiger partial charge in [0, 0.05) is 28.6 Å². The molecule has 1 aromatic carbocycles. The Labute approximate surface area is 126 Å². The third kappa shape index (κ3) is 3.35. The molecule has 0 aliphatic rings. The van der Waals surface area contributed by atoms with E-state index in [-0.39, 0.29) is 12.6 Å². The molecule has 1 aromatic heterocycles. The summed E-state index contributed by atoms with van der Waals surface area (Å²) in [6.07, 6.45) is 1.76. The van der Waals surface area contributed by atoms with Crippen LogP contribution in [0.3, 0.4) is 0 Å². The Morgan fingerprint density at radius 2 is 2.15 bits per heavy atom. The molecule has 5 heteroatoms. The molecule has 4 nitrogen and oxygen atoms in total. The minimum atomic E-state index is -0.812. The van der Waals surface area contributed by atoms with Crippen molar-refractivity contribution in [2.75, 3.05) is 6.54 Å². The van der Waals surface area contributed by atoms with Crippen molar-refractivity contribution in [2.45, 2.75) is 26.4 Å². The van der Waals surface area contributed by atoms with Crippen LogP contribution in [0.1, 0.15) is 19.4 Å². The van der Waals surface area contributed by atoms with Crippen molar-refractivity contribution in [1.29, 1.82) is 0 Å². The molecule has 0 amide bonds. The van der Waals surface area contributed by atoms with Crippen LogP contribution in [0.15, 0.2) is 34.9 Å².